The number of fused-ring (bicyclic) bond motifs is 2. The minimum Gasteiger partial charge on any atom is -0.497 e. The van der Waals surface area contributed by atoms with Crippen LogP contribution in [0.5, 0.6) is 11.5 Å². The van der Waals surface area contributed by atoms with Crippen LogP contribution in [-0.4, -0.2) is 47.9 Å². The smallest absolute Gasteiger partial charge is 0.303 e. The lowest BCUT2D eigenvalue weighted by molar-refractivity contribution is -0.138. The molecule has 8 nitrogen and oxygen atoms in total. The first-order chi connectivity index (χ1) is 18.3. The fourth-order valence-corrected chi connectivity index (χ4v) is 4.33. The van der Waals surface area contributed by atoms with Crippen molar-refractivity contribution in [3.63, 3.8) is 0 Å². The van der Waals surface area contributed by atoms with E-state index in [4.69, 9.17) is 19.7 Å². The second-order valence-electron chi connectivity index (χ2n) is 9.30. The van der Waals surface area contributed by atoms with Gasteiger partial charge in [-0.1, -0.05) is 51.4 Å². The van der Waals surface area contributed by atoms with Crippen molar-refractivity contribution in [2.45, 2.75) is 77.0 Å². The van der Waals surface area contributed by atoms with Gasteiger partial charge in [0.15, 0.2) is 11.6 Å². The van der Waals surface area contributed by atoms with Crippen molar-refractivity contribution in [1.29, 1.82) is 0 Å². The Morgan fingerprint density at radius 3 is 1.16 bits per heavy atom. The summed E-state index contributed by atoms with van der Waals surface area (Å²) in [6.07, 6.45) is 11.3. The summed E-state index contributed by atoms with van der Waals surface area (Å²) in [6, 6.07) is 9.80. The lowest BCUT2D eigenvalue weighted by atomic mass is 9.84. The van der Waals surface area contributed by atoms with Crippen molar-refractivity contribution >= 4 is 23.5 Å². The fraction of sp³-hybridized carbons (Fsp3) is 0.467. The van der Waals surface area contributed by atoms with Crippen LogP contribution in [0.4, 0.5) is 0 Å². The van der Waals surface area contributed by atoms with Gasteiger partial charge in [-0.2, -0.15) is 0 Å². The van der Waals surface area contributed by atoms with E-state index in [1.807, 2.05) is 0 Å². The molecule has 1 aliphatic rings. The van der Waals surface area contributed by atoms with Crippen molar-refractivity contribution < 1.29 is 38.9 Å². The number of hydrogen-bond acceptors (Lipinski definition) is 6. The normalized spacial score (nSPS) is 11.6. The zero-order valence-electron chi connectivity index (χ0n) is 22.3. The molecular formula is C30H38O8. The summed E-state index contributed by atoms with van der Waals surface area (Å²) in [5, 5.41) is 16.9. The molecule has 1 aliphatic carbocycles. The van der Waals surface area contributed by atoms with Crippen molar-refractivity contribution in [1.82, 2.24) is 0 Å². The van der Waals surface area contributed by atoms with Crippen molar-refractivity contribution in [3.05, 3.63) is 58.7 Å². The number of benzene rings is 2. The number of carbonyl (C=O) groups is 4. The molecule has 0 bridgehead atoms. The Hall–Kier alpha value is -3.68. The number of ketones is 2. The molecule has 0 fully saturated rings. The van der Waals surface area contributed by atoms with Gasteiger partial charge >= 0.3 is 11.9 Å². The predicted molar refractivity (Wildman–Crippen MR) is 144 cm³/mol. The van der Waals surface area contributed by atoms with E-state index in [-0.39, 0.29) is 11.6 Å². The molecule has 2 aromatic rings. The van der Waals surface area contributed by atoms with Gasteiger partial charge in [-0.3, -0.25) is 19.2 Å². The van der Waals surface area contributed by atoms with Crippen LogP contribution < -0.4 is 9.47 Å². The molecule has 0 aliphatic heterocycles. The van der Waals surface area contributed by atoms with Gasteiger partial charge in [0.05, 0.1) is 14.2 Å². The molecule has 0 unspecified atom stereocenters. The number of ether oxygens (including phenoxy) is 2. The van der Waals surface area contributed by atoms with Crippen LogP contribution >= 0.6 is 0 Å². The summed E-state index contributed by atoms with van der Waals surface area (Å²) in [4.78, 5) is 45.5. The molecular weight excluding hydrogens is 488 g/mol. The zero-order chi connectivity index (χ0) is 27.9. The number of unbranched alkanes of at least 4 members (excludes halogenated alkanes) is 9. The highest BCUT2D eigenvalue weighted by molar-refractivity contribution is 6.28. The Bertz CT molecular complexity index is 1020. The van der Waals surface area contributed by atoms with Gasteiger partial charge in [0.2, 0.25) is 0 Å². The van der Waals surface area contributed by atoms with E-state index >= 15 is 0 Å². The third kappa shape index (κ3) is 9.65. The number of carboxylic acids is 2. The van der Waals surface area contributed by atoms with Gasteiger partial charge in [0, 0.05) is 35.1 Å². The van der Waals surface area contributed by atoms with Gasteiger partial charge in [-0.05, 0) is 49.2 Å². The summed E-state index contributed by atoms with van der Waals surface area (Å²) < 4.78 is 10.2. The van der Waals surface area contributed by atoms with Gasteiger partial charge in [-0.25, -0.2) is 0 Å². The van der Waals surface area contributed by atoms with Crippen LogP contribution in [0.15, 0.2) is 36.4 Å². The SMILES string of the molecule is COc1ccc2c(c1)C(=O)c1ccc(OC)cc1C2=O.O=C(O)CCCCCCCCCCCCC(=O)O. The Labute approximate surface area is 224 Å². The Balaban J connectivity index is 0.000000269. The molecule has 0 aromatic heterocycles. The van der Waals surface area contributed by atoms with Gasteiger partial charge in [0.1, 0.15) is 11.5 Å². The molecule has 0 spiro atoms. The molecule has 0 radical (unpaired) electrons. The number of carbonyl (C=O) groups excluding carboxylic acids is 2. The molecule has 0 amide bonds. The second kappa shape index (κ2) is 16.2. The minimum atomic E-state index is -0.698. The first-order valence-electron chi connectivity index (χ1n) is 13.2. The first-order valence-corrected chi connectivity index (χ1v) is 13.2. The van der Waals surface area contributed by atoms with Crippen LogP contribution in [0, 0.1) is 0 Å². The third-order valence-corrected chi connectivity index (χ3v) is 6.46. The molecule has 0 atom stereocenters. The van der Waals surface area contributed by atoms with E-state index < -0.39 is 11.9 Å². The lowest BCUT2D eigenvalue weighted by Gasteiger charge is -2.18. The minimum absolute atomic E-state index is 0.170. The molecule has 2 aromatic carbocycles. The van der Waals surface area contributed by atoms with Crippen molar-refractivity contribution in [3.8, 4) is 11.5 Å². The van der Waals surface area contributed by atoms with Crippen LogP contribution in [-0.2, 0) is 9.59 Å². The van der Waals surface area contributed by atoms with E-state index in [1.165, 1.54) is 39.9 Å². The summed E-state index contributed by atoms with van der Waals surface area (Å²) in [5.41, 5.74) is 1.56. The van der Waals surface area contributed by atoms with Gasteiger partial charge in [-0.15, -0.1) is 0 Å². The summed E-state index contributed by atoms with van der Waals surface area (Å²) in [6.45, 7) is 0. The van der Waals surface area contributed by atoms with E-state index in [1.54, 1.807) is 36.4 Å². The molecule has 3 rings (SSSR count). The predicted octanol–water partition coefficient (Wildman–Crippen LogP) is 6.32. The van der Waals surface area contributed by atoms with Gasteiger partial charge in [0.25, 0.3) is 0 Å². The maximum atomic E-state index is 12.5. The summed E-state index contributed by atoms with van der Waals surface area (Å²) in [5.74, 6) is -0.622. The number of carboxylic acid groups (broad SMARTS) is 2. The van der Waals surface area contributed by atoms with E-state index in [0.717, 1.165) is 38.5 Å². The van der Waals surface area contributed by atoms with E-state index in [9.17, 15) is 19.2 Å². The monoisotopic (exact) mass is 526 g/mol. The highest BCUT2D eigenvalue weighted by Gasteiger charge is 2.30. The number of rotatable bonds is 15. The van der Waals surface area contributed by atoms with Crippen molar-refractivity contribution in [2.24, 2.45) is 0 Å². The number of aliphatic carboxylic acids is 2. The fourth-order valence-electron chi connectivity index (χ4n) is 4.33. The largest absolute Gasteiger partial charge is 0.497 e. The van der Waals surface area contributed by atoms with Crippen molar-refractivity contribution in [2.75, 3.05) is 14.2 Å². The van der Waals surface area contributed by atoms with Crippen LogP contribution in [0.3, 0.4) is 0 Å². The van der Waals surface area contributed by atoms with Crippen LogP contribution in [0.2, 0.25) is 0 Å². The van der Waals surface area contributed by atoms with E-state index in [2.05, 4.69) is 0 Å². The molecule has 0 saturated heterocycles. The van der Waals surface area contributed by atoms with E-state index in [0.29, 0.717) is 46.6 Å². The first kappa shape index (κ1) is 30.5. The molecule has 206 valence electrons. The summed E-state index contributed by atoms with van der Waals surface area (Å²) >= 11 is 0. The third-order valence-electron chi connectivity index (χ3n) is 6.46. The molecule has 2 N–H and O–H groups in total. The standard InChI is InChI=1S/C16H12O4.C14H26O4/c1-19-9-3-5-11-13(7-9)15(17)12-6-4-10(20-2)8-14(12)16(11)18;15-13(16)11-9-7-5-3-1-2-4-6-8-10-12-14(17)18/h3-8H,1-2H3;1-12H2,(H,15,16)(H,17,18). The second-order valence-corrected chi connectivity index (χ2v) is 9.30. The highest BCUT2D eigenvalue weighted by atomic mass is 16.5. The maximum Gasteiger partial charge on any atom is 0.303 e. The zero-order valence-corrected chi connectivity index (χ0v) is 22.3. The molecule has 0 heterocycles. The topological polar surface area (TPSA) is 127 Å². The van der Waals surface area contributed by atoms with Crippen LogP contribution in [0.25, 0.3) is 0 Å². The lowest BCUT2D eigenvalue weighted by Crippen LogP contribution is -2.20. The Kier molecular flexibility index (Phi) is 13.0. The number of methoxy groups -OCH3 is 2. The Morgan fingerprint density at radius 1 is 0.553 bits per heavy atom. The quantitative estimate of drug-likeness (QED) is 0.220. The highest BCUT2D eigenvalue weighted by Crippen LogP contribution is 2.31. The molecule has 8 heteroatoms. The molecule has 38 heavy (non-hydrogen) atoms. The average Bonchev–Trinajstić information content (AvgIpc) is 2.91. The average molecular weight is 527 g/mol. The Morgan fingerprint density at radius 2 is 0.868 bits per heavy atom. The van der Waals surface area contributed by atoms with Gasteiger partial charge < -0.3 is 19.7 Å². The van der Waals surface area contributed by atoms with Crippen LogP contribution in [0.1, 0.15) is 109 Å². The number of hydrogen-bond donors (Lipinski definition) is 2. The maximum absolute atomic E-state index is 12.5. The molecule has 0 saturated carbocycles. The summed E-state index contributed by atoms with van der Waals surface area (Å²) in [7, 11) is 3.05.